The zero-order valence-electron chi connectivity index (χ0n) is 11.6. The first-order valence-electron chi connectivity index (χ1n) is 6.70. The Balaban J connectivity index is 1.90. The summed E-state index contributed by atoms with van der Waals surface area (Å²) in [5, 5.41) is 1.56. The molecule has 4 nitrogen and oxygen atoms in total. The fraction of sp³-hybridized carbons (Fsp3) is 0.125. The molecule has 0 bridgehead atoms. The summed E-state index contributed by atoms with van der Waals surface area (Å²) in [6, 6.07) is 14.7. The number of benzene rings is 2. The summed E-state index contributed by atoms with van der Waals surface area (Å²) in [4.78, 5) is 18.2. The number of rotatable bonds is 4. The van der Waals surface area contributed by atoms with Crippen LogP contribution in [0, 0.1) is 0 Å². The average molecular weight is 337 g/mol. The molecule has 2 aromatic carbocycles. The Morgan fingerprint density at radius 3 is 2.59 bits per heavy atom. The summed E-state index contributed by atoms with van der Waals surface area (Å²) >= 11 is 6.18. The number of halogens is 1. The van der Waals surface area contributed by atoms with Crippen LogP contribution in [0.15, 0.2) is 52.9 Å². The van der Waals surface area contributed by atoms with E-state index in [1.165, 1.54) is 0 Å². The van der Waals surface area contributed by atoms with Gasteiger partial charge in [-0.1, -0.05) is 41.9 Å². The van der Waals surface area contributed by atoms with Gasteiger partial charge in [-0.15, -0.1) is 0 Å². The van der Waals surface area contributed by atoms with E-state index in [9.17, 15) is 4.57 Å². The molecule has 0 saturated carbocycles. The molecule has 1 aromatic heterocycles. The van der Waals surface area contributed by atoms with E-state index < -0.39 is 7.60 Å². The first-order chi connectivity index (χ1) is 10.4. The average Bonchev–Trinajstić information content (AvgIpc) is 2.83. The van der Waals surface area contributed by atoms with Crippen LogP contribution in [0.2, 0.25) is 5.02 Å². The fourth-order valence-corrected chi connectivity index (χ4v) is 3.27. The molecule has 3 rings (SSSR count). The molecule has 0 amide bonds. The van der Waals surface area contributed by atoms with Gasteiger partial charge in [0.15, 0.2) is 0 Å². The molecule has 0 saturated heterocycles. The predicted molar refractivity (Wildman–Crippen MR) is 86.2 cm³/mol. The van der Waals surface area contributed by atoms with Crippen LogP contribution in [0.4, 0.5) is 0 Å². The summed E-state index contributed by atoms with van der Waals surface area (Å²) in [6.07, 6.45) is 0.180. The van der Waals surface area contributed by atoms with Gasteiger partial charge in [-0.05, 0) is 29.3 Å². The molecule has 0 aliphatic carbocycles. The van der Waals surface area contributed by atoms with E-state index in [1.807, 2.05) is 30.3 Å². The minimum absolute atomic E-state index is 0.294. The number of para-hydroxylation sites is 1. The van der Waals surface area contributed by atoms with Crippen molar-refractivity contribution in [1.29, 1.82) is 0 Å². The van der Waals surface area contributed by atoms with Crippen LogP contribution in [0.5, 0.6) is 0 Å². The summed E-state index contributed by atoms with van der Waals surface area (Å²) in [6.45, 7) is 0. The third kappa shape index (κ3) is 3.60. The maximum Gasteiger partial charge on any atom is 0.329 e. The van der Waals surface area contributed by atoms with E-state index in [0.29, 0.717) is 17.0 Å². The van der Waals surface area contributed by atoms with Crippen LogP contribution in [0.1, 0.15) is 16.9 Å². The van der Waals surface area contributed by atoms with Gasteiger partial charge in [0, 0.05) is 16.8 Å². The highest BCUT2D eigenvalue weighted by Crippen LogP contribution is 2.39. The lowest BCUT2D eigenvalue weighted by molar-refractivity contribution is 0.371. The molecule has 0 spiro atoms. The largest absolute Gasteiger partial charge is 0.461 e. The highest BCUT2D eigenvalue weighted by atomic mass is 35.5. The monoisotopic (exact) mass is 336 g/mol. The van der Waals surface area contributed by atoms with Crippen molar-refractivity contribution in [2.75, 3.05) is 0 Å². The van der Waals surface area contributed by atoms with E-state index in [2.05, 4.69) is 0 Å². The van der Waals surface area contributed by atoms with Crippen LogP contribution in [-0.2, 0) is 17.1 Å². The number of furan rings is 1. The smallest absolute Gasteiger partial charge is 0.329 e. The topological polar surface area (TPSA) is 70.7 Å². The molecule has 22 heavy (non-hydrogen) atoms. The van der Waals surface area contributed by atoms with E-state index in [-0.39, 0.29) is 6.16 Å². The summed E-state index contributed by atoms with van der Waals surface area (Å²) in [5.41, 5.74) is 2.15. The Morgan fingerprint density at radius 1 is 1.09 bits per heavy atom. The third-order valence-corrected chi connectivity index (χ3v) is 4.49. The van der Waals surface area contributed by atoms with E-state index in [4.69, 9.17) is 25.8 Å². The second kappa shape index (κ2) is 5.90. The molecule has 1 heterocycles. The maximum absolute atomic E-state index is 11.1. The van der Waals surface area contributed by atoms with Gasteiger partial charge in [-0.2, -0.15) is 0 Å². The quantitative estimate of drug-likeness (QED) is 0.695. The summed E-state index contributed by atoms with van der Waals surface area (Å²) in [7, 11) is -4.09. The van der Waals surface area contributed by atoms with Crippen molar-refractivity contribution in [2.45, 2.75) is 12.6 Å². The van der Waals surface area contributed by atoms with Crippen molar-refractivity contribution in [3.05, 3.63) is 70.4 Å². The SMILES string of the molecule is O=P(O)(O)Cc1ccc(Cl)c(Cc2cc3ccccc3o2)c1. The van der Waals surface area contributed by atoms with Gasteiger partial charge in [0.05, 0.1) is 6.16 Å². The lowest BCUT2D eigenvalue weighted by Gasteiger charge is -2.08. The Hall–Kier alpha value is -1.58. The molecule has 2 N–H and O–H groups in total. The fourth-order valence-electron chi connectivity index (χ4n) is 2.41. The van der Waals surface area contributed by atoms with Crippen LogP contribution in [-0.4, -0.2) is 9.79 Å². The molecule has 0 unspecified atom stereocenters. The van der Waals surface area contributed by atoms with Crippen LogP contribution >= 0.6 is 19.2 Å². The van der Waals surface area contributed by atoms with Gasteiger partial charge in [0.2, 0.25) is 0 Å². The van der Waals surface area contributed by atoms with Crippen LogP contribution in [0.3, 0.4) is 0 Å². The highest BCUT2D eigenvalue weighted by molar-refractivity contribution is 7.50. The molecule has 0 fully saturated rings. The third-order valence-electron chi connectivity index (χ3n) is 3.34. The Labute approximate surface area is 132 Å². The van der Waals surface area contributed by atoms with E-state index >= 15 is 0 Å². The Bertz CT molecular complexity index is 832. The van der Waals surface area contributed by atoms with E-state index in [0.717, 1.165) is 22.3 Å². The Kier molecular flexibility index (Phi) is 4.11. The molecule has 0 radical (unpaired) electrons. The zero-order chi connectivity index (χ0) is 15.7. The lowest BCUT2D eigenvalue weighted by Crippen LogP contribution is -1.92. The molecule has 6 heteroatoms. The molecule has 0 aliphatic rings. The van der Waals surface area contributed by atoms with Crippen molar-refractivity contribution >= 4 is 30.2 Å². The standard InChI is InChI=1S/C16H14ClO4P/c17-15-6-5-11(10-22(18,19)20)7-13(15)9-14-8-12-3-1-2-4-16(12)21-14/h1-8H,9-10H2,(H2,18,19,20). The van der Waals surface area contributed by atoms with Crippen molar-refractivity contribution in [3.8, 4) is 0 Å². The van der Waals surface area contributed by atoms with Crippen molar-refractivity contribution in [3.63, 3.8) is 0 Å². The minimum Gasteiger partial charge on any atom is -0.461 e. The van der Waals surface area contributed by atoms with Crippen molar-refractivity contribution in [1.82, 2.24) is 0 Å². The van der Waals surface area contributed by atoms with Gasteiger partial charge in [0.1, 0.15) is 11.3 Å². The van der Waals surface area contributed by atoms with Crippen LogP contribution in [0.25, 0.3) is 11.0 Å². The predicted octanol–water partition coefficient (Wildman–Crippen LogP) is 4.35. The number of hydrogen-bond acceptors (Lipinski definition) is 2. The van der Waals surface area contributed by atoms with Crippen LogP contribution < -0.4 is 0 Å². The summed E-state index contributed by atoms with van der Waals surface area (Å²) in [5.74, 6) is 0.761. The minimum atomic E-state index is -4.09. The zero-order valence-corrected chi connectivity index (χ0v) is 13.2. The molecule has 0 atom stereocenters. The first kappa shape index (κ1) is 15.3. The normalized spacial score (nSPS) is 12.0. The van der Waals surface area contributed by atoms with Gasteiger partial charge in [0.25, 0.3) is 0 Å². The van der Waals surface area contributed by atoms with Crippen molar-refractivity contribution in [2.24, 2.45) is 0 Å². The highest BCUT2D eigenvalue weighted by Gasteiger charge is 2.15. The Morgan fingerprint density at radius 2 is 1.86 bits per heavy atom. The van der Waals surface area contributed by atoms with E-state index in [1.54, 1.807) is 18.2 Å². The molecule has 0 aliphatic heterocycles. The lowest BCUT2D eigenvalue weighted by atomic mass is 10.1. The second-order valence-corrected chi connectivity index (χ2v) is 7.23. The number of hydrogen-bond donors (Lipinski definition) is 2. The maximum atomic E-state index is 11.1. The van der Waals surface area contributed by atoms with Gasteiger partial charge >= 0.3 is 7.60 Å². The molecule has 114 valence electrons. The molecule has 3 aromatic rings. The van der Waals surface area contributed by atoms with Gasteiger partial charge in [-0.25, -0.2) is 0 Å². The first-order valence-corrected chi connectivity index (χ1v) is 8.87. The second-order valence-electron chi connectivity index (χ2n) is 5.18. The van der Waals surface area contributed by atoms with Crippen molar-refractivity contribution < 1.29 is 18.8 Å². The molecular weight excluding hydrogens is 323 g/mol. The van der Waals surface area contributed by atoms with Gasteiger partial charge in [-0.3, -0.25) is 4.57 Å². The summed E-state index contributed by atoms with van der Waals surface area (Å²) < 4.78 is 16.9. The number of fused-ring (bicyclic) bond motifs is 1. The van der Waals surface area contributed by atoms with Gasteiger partial charge < -0.3 is 14.2 Å². The molecular formula is C16H14ClO4P.